The predicted octanol–water partition coefficient (Wildman–Crippen LogP) is 3.27. The van der Waals surface area contributed by atoms with Gasteiger partial charge in [-0.3, -0.25) is 4.99 Å². The van der Waals surface area contributed by atoms with Crippen LogP contribution in [0.3, 0.4) is 0 Å². The Bertz CT molecular complexity index is 479. The van der Waals surface area contributed by atoms with Crippen molar-refractivity contribution in [3.05, 3.63) is 11.7 Å². The fourth-order valence-electron chi connectivity index (χ4n) is 2.07. The lowest BCUT2D eigenvalue weighted by molar-refractivity contribution is 0.0683. The summed E-state index contributed by atoms with van der Waals surface area (Å²) in [6, 6.07) is 0.361. The molecule has 0 aliphatic rings. The van der Waals surface area contributed by atoms with Gasteiger partial charge in [0.15, 0.2) is 11.8 Å². The largest absolute Gasteiger partial charge is 0.371 e. The molecule has 0 radical (unpaired) electrons. The monoisotopic (exact) mass is 453 g/mol. The van der Waals surface area contributed by atoms with E-state index in [2.05, 4.69) is 46.5 Å². The van der Waals surface area contributed by atoms with Gasteiger partial charge in [-0.25, -0.2) is 0 Å². The zero-order valence-electron chi connectivity index (χ0n) is 15.6. The van der Waals surface area contributed by atoms with Crippen molar-refractivity contribution in [2.45, 2.75) is 66.2 Å². The normalized spacial score (nSPS) is 14.2. The lowest BCUT2D eigenvalue weighted by atomic mass is 10.0. The van der Waals surface area contributed by atoms with E-state index in [1.807, 2.05) is 13.8 Å². The van der Waals surface area contributed by atoms with Crippen LogP contribution >= 0.6 is 24.0 Å². The third kappa shape index (κ3) is 8.81. The number of guanidine groups is 1. The molecule has 0 saturated carbocycles. The summed E-state index contributed by atoms with van der Waals surface area (Å²) in [5.41, 5.74) is 0. The van der Waals surface area contributed by atoms with Crippen molar-refractivity contribution in [1.82, 2.24) is 20.8 Å². The molecule has 0 aliphatic heterocycles. The van der Waals surface area contributed by atoms with Crippen LogP contribution in [0.15, 0.2) is 9.52 Å². The molecule has 0 saturated heterocycles. The summed E-state index contributed by atoms with van der Waals surface area (Å²) in [5, 5.41) is 10.5. The first-order valence-corrected chi connectivity index (χ1v) is 8.37. The third-order valence-corrected chi connectivity index (χ3v) is 3.45. The molecule has 0 amide bonds. The summed E-state index contributed by atoms with van der Waals surface area (Å²) in [7, 11) is 1.75. The highest BCUT2D eigenvalue weighted by atomic mass is 127. The molecule has 0 aliphatic carbocycles. The first-order valence-electron chi connectivity index (χ1n) is 8.37. The van der Waals surface area contributed by atoms with Crippen molar-refractivity contribution in [1.29, 1.82) is 0 Å². The van der Waals surface area contributed by atoms with E-state index in [0.29, 0.717) is 36.8 Å². The van der Waals surface area contributed by atoms with Gasteiger partial charge in [-0.2, -0.15) is 4.98 Å². The first-order chi connectivity index (χ1) is 11.0. The van der Waals surface area contributed by atoms with Crippen LogP contribution in [0.5, 0.6) is 0 Å². The molecule has 2 unspecified atom stereocenters. The highest BCUT2D eigenvalue weighted by Crippen LogP contribution is 2.12. The standard InChI is InChI=1S/C16H31N5O2.HI/c1-7-22-13(5)15-20-14(23-21-15)10-18-16(17-6)19-12(4)9-8-11(2)3;/h11-13H,7-10H2,1-6H3,(H2,17,18,19);1H. The van der Waals surface area contributed by atoms with E-state index in [4.69, 9.17) is 9.26 Å². The van der Waals surface area contributed by atoms with Gasteiger partial charge >= 0.3 is 0 Å². The van der Waals surface area contributed by atoms with E-state index >= 15 is 0 Å². The second kappa shape index (κ2) is 12.5. The van der Waals surface area contributed by atoms with Crippen molar-refractivity contribution in [2.24, 2.45) is 10.9 Å². The Hall–Kier alpha value is -0.900. The van der Waals surface area contributed by atoms with Gasteiger partial charge in [0.25, 0.3) is 0 Å². The summed E-state index contributed by atoms with van der Waals surface area (Å²) >= 11 is 0. The average Bonchev–Trinajstić information content (AvgIpc) is 2.98. The van der Waals surface area contributed by atoms with E-state index in [0.717, 1.165) is 12.4 Å². The maximum atomic E-state index is 5.45. The number of aliphatic imine (C=N–C) groups is 1. The molecule has 0 bridgehead atoms. The Morgan fingerprint density at radius 1 is 1.25 bits per heavy atom. The van der Waals surface area contributed by atoms with Crippen molar-refractivity contribution in [3.8, 4) is 0 Å². The lowest BCUT2D eigenvalue weighted by Gasteiger charge is -2.18. The minimum atomic E-state index is -0.161. The van der Waals surface area contributed by atoms with E-state index in [1.165, 1.54) is 6.42 Å². The molecule has 1 aromatic heterocycles. The Morgan fingerprint density at radius 3 is 2.54 bits per heavy atom. The Labute approximate surface area is 162 Å². The van der Waals surface area contributed by atoms with Crippen molar-refractivity contribution >= 4 is 29.9 Å². The fraction of sp³-hybridized carbons (Fsp3) is 0.812. The number of nitrogens with one attached hydrogen (secondary N) is 2. The molecule has 0 aromatic carbocycles. The summed E-state index contributed by atoms with van der Waals surface area (Å²) in [4.78, 5) is 8.55. The second-order valence-electron chi connectivity index (χ2n) is 6.09. The van der Waals surface area contributed by atoms with Crippen LogP contribution in [-0.4, -0.2) is 35.8 Å². The van der Waals surface area contributed by atoms with Gasteiger partial charge in [-0.1, -0.05) is 19.0 Å². The molecular weight excluding hydrogens is 421 g/mol. The second-order valence-corrected chi connectivity index (χ2v) is 6.09. The SMILES string of the molecule is CCOC(C)c1noc(CNC(=NC)NC(C)CCC(C)C)n1.I. The van der Waals surface area contributed by atoms with Crippen LogP contribution in [-0.2, 0) is 11.3 Å². The molecule has 8 heteroatoms. The van der Waals surface area contributed by atoms with Crippen LogP contribution in [0.25, 0.3) is 0 Å². The van der Waals surface area contributed by atoms with Crippen molar-refractivity contribution < 1.29 is 9.26 Å². The third-order valence-electron chi connectivity index (χ3n) is 3.45. The number of hydrogen-bond acceptors (Lipinski definition) is 5. The molecule has 1 rings (SSSR count). The molecule has 2 atom stereocenters. The Balaban J connectivity index is 0.00000529. The molecule has 0 fully saturated rings. The minimum absolute atomic E-state index is 0. The zero-order valence-corrected chi connectivity index (χ0v) is 18.0. The highest BCUT2D eigenvalue weighted by molar-refractivity contribution is 14.0. The molecule has 7 nitrogen and oxygen atoms in total. The van der Waals surface area contributed by atoms with Gasteiger partial charge in [-0.05, 0) is 39.5 Å². The smallest absolute Gasteiger partial charge is 0.246 e. The van der Waals surface area contributed by atoms with Gasteiger partial charge in [0, 0.05) is 19.7 Å². The van der Waals surface area contributed by atoms with Crippen LogP contribution in [0.4, 0.5) is 0 Å². The predicted molar refractivity (Wildman–Crippen MR) is 107 cm³/mol. The average molecular weight is 453 g/mol. The van der Waals surface area contributed by atoms with Crippen molar-refractivity contribution in [2.75, 3.05) is 13.7 Å². The van der Waals surface area contributed by atoms with E-state index in [-0.39, 0.29) is 30.1 Å². The summed E-state index contributed by atoms with van der Waals surface area (Å²) < 4.78 is 10.7. The summed E-state index contributed by atoms with van der Waals surface area (Å²) in [5.74, 6) is 2.53. The van der Waals surface area contributed by atoms with Gasteiger partial charge in [0.2, 0.25) is 5.89 Å². The number of nitrogens with zero attached hydrogens (tertiary/aromatic N) is 3. The minimum Gasteiger partial charge on any atom is -0.371 e. The highest BCUT2D eigenvalue weighted by Gasteiger charge is 2.14. The number of ether oxygens (including phenoxy) is 1. The van der Waals surface area contributed by atoms with Crippen LogP contribution in [0.2, 0.25) is 0 Å². The Morgan fingerprint density at radius 2 is 1.96 bits per heavy atom. The fourth-order valence-corrected chi connectivity index (χ4v) is 2.07. The molecule has 2 N–H and O–H groups in total. The molecule has 24 heavy (non-hydrogen) atoms. The quantitative estimate of drug-likeness (QED) is 0.339. The Kier molecular flexibility index (Phi) is 12.0. The van der Waals surface area contributed by atoms with E-state index in [9.17, 15) is 0 Å². The number of aromatic nitrogens is 2. The van der Waals surface area contributed by atoms with Gasteiger partial charge in [-0.15, -0.1) is 24.0 Å². The maximum absolute atomic E-state index is 5.45. The number of halogens is 1. The maximum Gasteiger partial charge on any atom is 0.246 e. The molecule has 140 valence electrons. The molecule has 1 aromatic rings. The number of hydrogen-bond donors (Lipinski definition) is 2. The topological polar surface area (TPSA) is 84.6 Å². The van der Waals surface area contributed by atoms with Crippen LogP contribution < -0.4 is 10.6 Å². The van der Waals surface area contributed by atoms with Gasteiger partial charge < -0.3 is 19.9 Å². The molecular formula is C16H32IN5O2. The van der Waals surface area contributed by atoms with Gasteiger partial charge in [0.05, 0.1) is 6.54 Å². The summed E-state index contributed by atoms with van der Waals surface area (Å²) in [6.07, 6.45) is 2.13. The van der Waals surface area contributed by atoms with Crippen LogP contribution in [0.1, 0.15) is 65.3 Å². The molecule has 0 spiro atoms. The summed E-state index contributed by atoms with van der Waals surface area (Å²) in [6.45, 7) is 11.5. The lowest BCUT2D eigenvalue weighted by Crippen LogP contribution is -2.42. The van der Waals surface area contributed by atoms with Crippen molar-refractivity contribution in [3.63, 3.8) is 0 Å². The van der Waals surface area contributed by atoms with Crippen LogP contribution in [0, 0.1) is 5.92 Å². The first kappa shape index (κ1) is 23.1. The van der Waals surface area contributed by atoms with E-state index in [1.54, 1.807) is 7.05 Å². The van der Waals surface area contributed by atoms with Gasteiger partial charge in [0.1, 0.15) is 6.10 Å². The molecule has 1 heterocycles. The van der Waals surface area contributed by atoms with E-state index < -0.39 is 0 Å². The zero-order chi connectivity index (χ0) is 17.2. The number of rotatable bonds is 9.